The average molecular weight is 245 g/mol. The van der Waals surface area contributed by atoms with Gasteiger partial charge in [-0.1, -0.05) is 19.1 Å². The van der Waals surface area contributed by atoms with Gasteiger partial charge in [0.1, 0.15) is 17.5 Å². The first-order valence-corrected chi connectivity index (χ1v) is 5.97. The molecule has 0 amide bonds. The molecule has 0 bridgehead atoms. The van der Waals surface area contributed by atoms with E-state index < -0.39 is 0 Å². The third kappa shape index (κ3) is 2.32. The molecule has 4 heteroatoms. The number of anilines is 1. The molecule has 1 N–H and O–H groups in total. The first-order valence-electron chi connectivity index (χ1n) is 5.97. The highest BCUT2D eigenvalue weighted by molar-refractivity contribution is 5.68. The summed E-state index contributed by atoms with van der Waals surface area (Å²) >= 11 is 0. The molecule has 1 aromatic heterocycles. The second-order valence-electron chi connectivity index (χ2n) is 4.08. The van der Waals surface area contributed by atoms with E-state index in [2.05, 4.69) is 15.3 Å². The van der Waals surface area contributed by atoms with Crippen LogP contribution in [0.15, 0.2) is 24.3 Å². The standard InChI is InChI=1S/C14H16FN3/c1-4-12-17-13(9(2)14(16-3)18-12)10-6-5-7-11(15)8-10/h5-8H,4H2,1-3H3,(H,16,17,18). The fourth-order valence-corrected chi connectivity index (χ4v) is 1.88. The summed E-state index contributed by atoms with van der Waals surface area (Å²) in [6.45, 7) is 3.94. The Morgan fingerprint density at radius 2 is 2.06 bits per heavy atom. The normalized spacial score (nSPS) is 10.4. The van der Waals surface area contributed by atoms with Crippen LogP contribution in [0, 0.1) is 12.7 Å². The van der Waals surface area contributed by atoms with Crippen LogP contribution in [0.2, 0.25) is 0 Å². The van der Waals surface area contributed by atoms with Crippen molar-refractivity contribution in [2.75, 3.05) is 12.4 Å². The van der Waals surface area contributed by atoms with Gasteiger partial charge in [-0.2, -0.15) is 0 Å². The van der Waals surface area contributed by atoms with Crippen LogP contribution < -0.4 is 5.32 Å². The van der Waals surface area contributed by atoms with E-state index in [9.17, 15) is 4.39 Å². The minimum Gasteiger partial charge on any atom is -0.373 e. The Labute approximate surface area is 106 Å². The molecule has 0 fully saturated rings. The Kier molecular flexibility index (Phi) is 3.55. The zero-order valence-electron chi connectivity index (χ0n) is 10.8. The van der Waals surface area contributed by atoms with Crippen molar-refractivity contribution in [3.8, 4) is 11.3 Å². The van der Waals surface area contributed by atoms with Gasteiger partial charge in [-0.25, -0.2) is 14.4 Å². The number of aromatic nitrogens is 2. The van der Waals surface area contributed by atoms with Crippen LogP contribution in [0.3, 0.4) is 0 Å². The lowest BCUT2D eigenvalue weighted by atomic mass is 10.1. The van der Waals surface area contributed by atoms with Gasteiger partial charge in [0, 0.05) is 24.6 Å². The zero-order valence-corrected chi connectivity index (χ0v) is 10.8. The van der Waals surface area contributed by atoms with Crippen molar-refractivity contribution < 1.29 is 4.39 Å². The van der Waals surface area contributed by atoms with Gasteiger partial charge in [-0.05, 0) is 19.1 Å². The Morgan fingerprint density at radius 1 is 1.28 bits per heavy atom. The second-order valence-corrected chi connectivity index (χ2v) is 4.08. The van der Waals surface area contributed by atoms with Crippen molar-refractivity contribution in [2.24, 2.45) is 0 Å². The molecule has 0 aliphatic heterocycles. The number of nitrogens with zero attached hydrogens (tertiary/aromatic N) is 2. The second kappa shape index (κ2) is 5.12. The van der Waals surface area contributed by atoms with Crippen LogP contribution in [0.5, 0.6) is 0 Å². The van der Waals surface area contributed by atoms with E-state index in [1.807, 2.05) is 27.0 Å². The molecule has 3 nitrogen and oxygen atoms in total. The van der Waals surface area contributed by atoms with Crippen molar-refractivity contribution in [1.82, 2.24) is 9.97 Å². The molecule has 1 heterocycles. The molecule has 0 unspecified atom stereocenters. The van der Waals surface area contributed by atoms with Gasteiger partial charge < -0.3 is 5.32 Å². The lowest BCUT2D eigenvalue weighted by Crippen LogP contribution is -2.04. The van der Waals surface area contributed by atoms with E-state index >= 15 is 0 Å². The van der Waals surface area contributed by atoms with Gasteiger partial charge in [0.15, 0.2) is 0 Å². The summed E-state index contributed by atoms with van der Waals surface area (Å²) in [4.78, 5) is 8.89. The van der Waals surface area contributed by atoms with E-state index in [0.29, 0.717) is 0 Å². The van der Waals surface area contributed by atoms with Crippen LogP contribution in [-0.4, -0.2) is 17.0 Å². The predicted molar refractivity (Wildman–Crippen MR) is 71.1 cm³/mol. The summed E-state index contributed by atoms with van der Waals surface area (Å²) in [6, 6.07) is 6.47. The largest absolute Gasteiger partial charge is 0.373 e. The van der Waals surface area contributed by atoms with Gasteiger partial charge in [-0.3, -0.25) is 0 Å². The van der Waals surface area contributed by atoms with Crippen molar-refractivity contribution in [3.05, 3.63) is 41.5 Å². The summed E-state index contributed by atoms with van der Waals surface area (Å²) < 4.78 is 13.3. The summed E-state index contributed by atoms with van der Waals surface area (Å²) in [5.74, 6) is 1.29. The van der Waals surface area contributed by atoms with Crippen LogP contribution in [0.1, 0.15) is 18.3 Å². The molecule has 0 saturated heterocycles. The molecule has 0 aliphatic rings. The van der Waals surface area contributed by atoms with E-state index in [-0.39, 0.29) is 5.82 Å². The number of hydrogen-bond donors (Lipinski definition) is 1. The van der Waals surface area contributed by atoms with Gasteiger partial charge in [0.2, 0.25) is 0 Å². The highest BCUT2D eigenvalue weighted by Crippen LogP contribution is 2.26. The summed E-state index contributed by atoms with van der Waals surface area (Å²) in [5, 5.41) is 3.05. The first-order chi connectivity index (χ1) is 8.65. The SMILES string of the molecule is CCc1nc(NC)c(C)c(-c2cccc(F)c2)n1. The smallest absolute Gasteiger partial charge is 0.132 e. The Bertz CT molecular complexity index is 567. The fourth-order valence-electron chi connectivity index (χ4n) is 1.88. The third-order valence-electron chi connectivity index (χ3n) is 2.84. The van der Waals surface area contributed by atoms with Gasteiger partial charge in [0.05, 0.1) is 5.69 Å². The Morgan fingerprint density at radius 3 is 2.67 bits per heavy atom. The highest BCUT2D eigenvalue weighted by atomic mass is 19.1. The van der Waals surface area contributed by atoms with Crippen molar-refractivity contribution >= 4 is 5.82 Å². The molecule has 94 valence electrons. The molecular weight excluding hydrogens is 229 g/mol. The number of hydrogen-bond acceptors (Lipinski definition) is 3. The van der Waals surface area contributed by atoms with Gasteiger partial charge in [-0.15, -0.1) is 0 Å². The number of halogens is 1. The molecule has 0 saturated carbocycles. The molecule has 2 aromatic rings. The lowest BCUT2D eigenvalue weighted by molar-refractivity contribution is 0.628. The monoisotopic (exact) mass is 245 g/mol. The van der Waals surface area contributed by atoms with Crippen LogP contribution in [-0.2, 0) is 6.42 Å². The predicted octanol–water partition coefficient (Wildman–Crippen LogP) is 3.20. The number of benzene rings is 1. The zero-order chi connectivity index (χ0) is 13.1. The van der Waals surface area contributed by atoms with E-state index in [1.54, 1.807) is 6.07 Å². The molecule has 1 aromatic carbocycles. The Hall–Kier alpha value is -1.97. The molecule has 0 aliphatic carbocycles. The van der Waals surface area contributed by atoms with E-state index in [1.165, 1.54) is 12.1 Å². The molecule has 18 heavy (non-hydrogen) atoms. The maximum atomic E-state index is 13.3. The third-order valence-corrected chi connectivity index (χ3v) is 2.84. The average Bonchev–Trinajstić information content (AvgIpc) is 2.39. The van der Waals surface area contributed by atoms with Crippen LogP contribution in [0.4, 0.5) is 10.2 Å². The topological polar surface area (TPSA) is 37.8 Å². The molecular formula is C14H16FN3. The highest BCUT2D eigenvalue weighted by Gasteiger charge is 2.11. The van der Waals surface area contributed by atoms with Crippen molar-refractivity contribution in [3.63, 3.8) is 0 Å². The maximum absolute atomic E-state index is 13.3. The van der Waals surface area contributed by atoms with Crippen LogP contribution >= 0.6 is 0 Å². The molecule has 0 atom stereocenters. The Balaban J connectivity index is 2.62. The van der Waals surface area contributed by atoms with Crippen molar-refractivity contribution in [1.29, 1.82) is 0 Å². The lowest BCUT2D eigenvalue weighted by Gasteiger charge is -2.11. The minimum atomic E-state index is -0.255. The van der Waals surface area contributed by atoms with Gasteiger partial charge >= 0.3 is 0 Å². The summed E-state index contributed by atoms with van der Waals surface area (Å²) in [6.07, 6.45) is 0.747. The number of aryl methyl sites for hydroxylation is 1. The minimum absolute atomic E-state index is 0.255. The van der Waals surface area contributed by atoms with Crippen LogP contribution in [0.25, 0.3) is 11.3 Å². The first kappa shape index (κ1) is 12.5. The molecule has 0 spiro atoms. The number of nitrogens with one attached hydrogen (secondary N) is 1. The molecule has 2 rings (SSSR count). The maximum Gasteiger partial charge on any atom is 0.132 e. The van der Waals surface area contributed by atoms with Gasteiger partial charge in [0.25, 0.3) is 0 Å². The quantitative estimate of drug-likeness (QED) is 0.902. The van der Waals surface area contributed by atoms with Crippen molar-refractivity contribution in [2.45, 2.75) is 20.3 Å². The number of rotatable bonds is 3. The van der Waals surface area contributed by atoms with E-state index in [0.717, 1.165) is 34.9 Å². The summed E-state index contributed by atoms with van der Waals surface area (Å²) in [7, 11) is 1.82. The van der Waals surface area contributed by atoms with E-state index in [4.69, 9.17) is 0 Å². The molecule has 0 radical (unpaired) electrons. The summed E-state index contributed by atoms with van der Waals surface area (Å²) in [5.41, 5.74) is 2.49. The fraction of sp³-hybridized carbons (Fsp3) is 0.286.